The molecule has 1 saturated heterocycles. The highest BCUT2D eigenvalue weighted by Crippen LogP contribution is 2.24. The van der Waals surface area contributed by atoms with Gasteiger partial charge in [-0.2, -0.15) is 0 Å². The van der Waals surface area contributed by atoms with Gasteiger partial charge in [0.2, 0.25) is 0 Å². The van der Waals surface area contributed by atoms with Crippen LogP contribution in [0.3, 0.4) is 0 Å². The van der Waals surface area contributed by atoms with E-state index in [4.69, 9.17) is 4.74 Å². The van der Waals surface area contributed by atoms with E-state index in [9.17, 15) is 8.78 Å². The molecular formula is C19H18F2N4O. The van der Waals surface area contributed by atoms with Crippen LogP contribution in [0.4, 0.5) is 20.3 Å². The van der Waals surface area contributed by atoms with Crippen LogP contribution in [0.2, 0.25) is 0 Å². The number of nitrogens with one attached hydrogen (secondary N) is 1. The lowest BCUT2D eigenvalue weighted by Crippen LogP contribution is -2.36. The molecule has 134 valence electrons. The van der Waals surface area contributed by atoms with Crippen molar-refractivity contribution in [3.05, 3.63) is 59.9 Å². The van der Waals surface area contributed by atoms with Crippen molar-refractivity contribution in [2.45, 2.75) is 6.54 Å². The first-order valence-corrected chi connectivity index (χ1v) is 8.46. The lowest BCUT2D eigenvalue weighted by Gasteiger charge is -2.29. The minimum Gasteiger partial charge on any atom is -0.378 e. The zero-order valence-electron chi connectivity index (χ0n) is 14.1. The van der Waals surface area contributed by atoms with Crippen molar-refractivity contribution in [1.29, 1.82) is 0 Å². The normalized spacial score (nSPS) is 14.6. The van der Waals surface area contributed by atoms with Crippen LogP contribution in [0.25, 0.3) is 10.9 Å². The van der Waals surface area contributed by atoms with E-state index >= 15 is 0 Å². The predicted molar refractivity (Wildman–Crippen MR) is 96.3 cm³/mol. The highest BCUT2D eigenvalue weighted by atomic mass is 19.1. The van der Waals surface area contributed by atoms with Crippen molar-refractivity contribution in [2.75, 3.05) is 36.5 Å². The molecule has 1 aromatic heterocycles. The molecule has 3 aromatic rings. The average molecular weight is 356 g/mol. The van der Waals surface area contributed by atoms with Crippen LogP contribution in [0.5, 0.6) is 0 Å². The number of morpholine rings is 1. The Kier molecular flexibility index (Phi) is 4.62. The van der Waals surface area contributed by atoms with Gasteiger partial charge in [0.1, 0.15) is 29.3 Å². The lowest BCUT2D eigenvalue weighted by atomic mass is 10.1. The van der Waals surface area contributed by atoms with Gasteiger partial charge in [0.05, 0.1) is 18.9 Å². The smallest absolute Gasteiger partial charge is 0.149 e. The first kappa shape index (κ1) is 16.7. The molecule has 0 amide bonds. The van der Waals surface area contributed by atoms with E-state index in [-0.39, 0.29) is 11.3 Å². The van der Waals surface area contributed by atoms with Gasteiger partial charge in [0, 0.05) is 25.0 Å². The second kappa shape index (κ2) is 7.21. The van der Waals surface area contributed by atoms with Gasteiger partial charge < -0.3 is 15.0 Å². The van der Waals surface area contributed by atoms with Gasteiger partial charge >= 0.3 is 0 Å². The van der Waals surface area contributed by atoms with Crippen molar-refractivity contribution < 1.29 is 13.5 Å². The Morgan fingerprint density at radius 2 is 1.88 bits per heavy atom. The van der Waals surface area contributed by atoms with Crippen molar-refractivity contribution in [1.82, 2.24) is 9.97 Å². The third-order valence-corrected chi connectivity index (χ3v) is 4.44. The van der Waals surface area contributed by atoms with Crippen LogP contribution in [0, 0.1) is 11.6 Å². The van der Waals surface area contributed by atoms with Crippen LogP contribution < -0.4 is 10.2 Å². The van der Waals surface area contributed by atoms with Crippen LogP contribution >= 0.6 is 0 Å². The SMILES string of the molecule is Fc1cc(CNc2ncnc3c(F)cccc23)ccc1N1CCOCC1. The van der Waals surface area contributed by atoms with Gasteiger partial charge in [-0.3, -0.25) is 0 Å². The molecule has 7 heteroatoms. The molecule has 2 aromatic carbocycles. The van der Waals surface area contributed by atoms with Crippen LogP contribution in [-0.4, -0.2) is 36.3 Å². The van der Waals surface area contributed by atoms with E-state index in [0.717, 1.165) is 5.56 Å². The second-order valence-corrected chi connectivity index (χ2v) is 6.10. The molecule has 26 heavy (non-hydrogen) atoms. The summed E-state index contributed by atoms with van der Waals surface area (Å²) < 4.78 is 33.6. The van der Waals surface area contributed by atoms with Crippen LogP contribution in [-0.2, 0) is 11.3 Å². The summed E-state index contributed by atoms with van der Waals surface area (Å²) in [4.78, 5) is 10.1. The van der Waals surface area contributed by atoms with Gasteiger partial charge in [-0.1, -0.05) is 12.1 Å². The topological polar surface area (TPSA) is 50.3 Å². The molecule has 4 rings (SSSR count). The molecule has 0 atom stereocenters. The van der Waals surface area contributed by atoms with E-state index in [1.165, 1.54) is 18.5 Å². The molecule has 0 saturated carbocycles. The quantitative estimate of drug-likeness (QED) is 0.777. The predicted octanol–water partition coefficient (Wildman–Crippen LogP) is 3.36. The number of halogens is 2. The fourth-order valence-corrected chi connectivity index (χ4v) is 3.10. The maximum atomic E-state index is 14.5. The molecule has 1 fully saturated rings. The van der Waals surface area contributed by atoms with Crippen LogP contribution in [0.1, 0.15) is 5.56 Å². The molecule has 1 aliphatic heterocycles. The summed E-state index contributed by atoms with van der Waals surface area (Å²) in [6, 6.07) is 9.91. The van der Waals surface area contributed by atoms with E-state index in [0.29, 0.717) is 49.7 Å². The fourth-order valence-electron chi connectivity index (χ4n) is 3.10. The number of hydrogen-bond donors (Lipinski definition) is 1. The zero-order valence-corrected chi connectivity index (χ0v) is 14.1. The maximum absolute atomic E-state index is 14.5. The molecule has 5 nitrogen and oxygen atoms in total. The number of hydrogen-bond acceptors (Lipinski definition) is 5. The Morgan fingerprint density at radius 3 is 2.69 bits per heavy atom. The molecule has 0 spiro atoms. The maximum Gasteiger partial charge on any atom is 0.149 e. The first-order valence-electron chi connectivity index (χ1n) is 8.46. The second-order valence-electron chi connectivity index (χ2n) is 6.10. The summed E-state index contributed by atoms with van der Waals surface area (Å²) in [5.74, 6) is -0.134. The van der Waals surface area contributed by atoms with E-state index < -0.39 is 5.82 Å². The number of ether oxygens (including phenoxy) is 1. The third-order valence-electron chi connectivity index (χ3n) is 4.44. The summed E-state index contributed by atoms with van der Waals surface area (Å²) in [5, 5.41) is 3.73. The summed E-state index contributed by atoms with van der Waals surface area (Å²) in [6.07, 6.45) is 1.32. The molecule has 0 radical (unpaired) electrons. The third kappa shape index (κ3) is 3.30. The van der Waals surface area contributed by atoms with E-state index in [1.807, 2.05) is 11.0 Å². The number of rotatable bonds is 4. The standard InChI is InChI=1S/C19H18F2N4O/c20-15-3-1-2-14-18(15)23-12-24-19(14)22-11-13-4-5-17(16(21)10-13)25-6-8-26-9-7-25/h1-5,10,12H,6-9,11H2,(H,22,23,24). The van der Waals surface area contributed by atoms with Crippen molar-refractivity contribution in [3.8, 4) is 0 Å². The Bertz CT molecular complexity index is 929. The Hall–Kier alpha value is -2.80. The number of aromatic nitrogens is 2. The summed E-state index contributed by atoms with van der Waals surface area (Å²) in [7, 11) is 0. The largest absolute Gasteiger partial charge is 0.378 e. The number of nitrogens with zero attached hydrogens (tertiary/aromatic N) is 3. The Balaban J connectivity index is 1.52. The molecule has 1 aliphatic rings. The van der Waals surface area contributed by atoms with Gasteiger partial charge in [-0.15, -0.1) is 0 Å². The average Bonchev–Trinajstić information content (AvgIpc) is 2.67. The summed E-state index contributed by atoms with van der Waals surface area (Å²) in [6.45, 7) is 2.98. The molecule has 2 heterocycles. The monoisotopic (exact) mass is 356 g/mol. The molecule has 0 unspecified atom stereocenters. The number of para-hydroxylation sites is 1. The van der Waals surface area contributed by atoms with Crippen molar-refractivity contribution >= 4 is 22.4 Å². The van der Waals surface area contributed by atoms with Crippen LogP contribution in [0.15, 0.2) is 42.7 Å². The van der Waals surface area contributed by atoms with E-state index in [2.05, 4.69) is 15.3 Å². The van der Waals surface area contributed by atoms with Gasteiger partial charge in [0.25, 0.3) is 0 Å². The number of anilines is 2. The summed E-state index contributed by atoms with van der Waals surface area (Å²) in [5.41, 5.74) is 1.63. The Morgan fingerprint density at radius 1 is 1.04 bits per heavy atom. The highest BCUT2D eigenvalue weighted by Gasteiger charge is 2.15. The Labute approximate surface area is 149 Å². The minimum absolute atomic E-state index is 0.259. The number of benzene rings is 2. The minimum atomic E-state index is -0.395. The van der Waals surface area contributed by atoms with Gasteiger partial charge in [-0.25, -0.2) is 18.7 Å². The highest BCUT2D eigenvalue weighted by molar-refractivity contribution is 5.89. The van der Waals surface area contributed by atoms with Crippen molar-refractivity contribution in [3.63, 3.8) is 0 Å². The first-order chi connectivity index (χ1) is 12.7. The zero-order chi connectivity index (χ0) is 17.9. The summed E-state index contributed by atoms with van der Waals surface area (Å²) >= 11 is 0. The van der Waals surface area contributed by atoms with Crippen molar-refractivity contribution in [2.24, 2.45) is 0 Å². The molecule has 0 aliphatic carbocycles. The van der Waals surface area contributed by atoms with Gasteiger partial charge in [-0.05, 0) is 29.8 Å². The number of fused-ring (bicyclic) bond motifs is 1. The molecular weight excluding hydrogens is 338 g/mol. The van der Waals surface area contributed by atoms with E-state index in [1.54, 1.807) is 18.2 Å². The fraction of sp³-hybridized carbons (Fsp3) is 0.263. The van der Waals surface area contributed by atoms with Gasteiger partial charge in [0.15, 0.2) is 0 Å². The molecule has 1 N–H and O–H groups in total. The lowest BCUT2D eigenvalue weighted by molar-refractivity contribution is 0.122. The molecule has 0 bridgehead atoms.